The van der Waals surface area contributed by atoms with Crippen LogP contribution in [0.25, 0.3) is 0 Å². The van der Waals surface area contributed by atoms with Gasteiger partial charge in [-0.2, -0.15) is 23.5 Å². The predicted octanol–water partition coefficient (Wildman–Crippen LogP) is -5.80. The van der Waals surface area contributed by atoms with Crippen LogP contribution in [0.4, 0.5) is 0 Å². The van der Waals surface area contributed by atoms with Gasteiger partial charge in [0.05, 0.1) is 37.2 Å². The lowest BCUT2D eigenvalue weighted by atomic mass is 9.97. The molecule has 0 unspecified atom stereocenters. The monoisotopic (exact) mass is 1830 g/mol. The number of primary amides is 1. The molecule has 0 aliphatic carbocycles. The maximum absolute atomic E-state index is 14.9. The molecule has 1 aliphatic rings. The summed E-state index contributed by atoms with van der Waals surface area (Å²) in [5, 5.41) is 91.5. The summed E-state index contributed by atoms with van der Waals surface area (Å²) in [6, 6.07) is -13.5. The highest BCUT2D eigenvalue weighted by atomic mass is 32.2. The SMILES string of the molecule is CC[C@@H](C)[C@@H](NC(=O)[C@H](NC(=O)[C@H](NC(C)=O)[C@H](C)O)[C@@H](C)O)C(=O)NCC(=O)N[C@H](CCSC)C(=O)N[C@H](CCSC)C(=O)N[C@@H](C(=O)N[C@H](CC(C)C)C(=O)N[C@H](CCCCN)C(=O)N[C@@H]1CCCCn2cc(nn2)C[C@@H](C(=O)N[C@H](CC(C)C)C(=O)N[C@@H](CO)C(N)=O)NC(=O)[C@@H](CCCCN)NC(=O)[C@@H](Cc2ccccc2)NC(=O)[C@H](C)NC1=O)[C@@H](C)O. The molecule has 43 nitrogen and oxygen atoms in total. The summed E-state index contributed by atoms with van der Waals surface area (Å²) >= 11 is 2.62. The Labute approximate surface area is 749 Å². The van der Waals surface area contributed by atoms with Crippen LogP contribution >= 0.6 is 23.5 Å². The maximum Gasteiger partial charge on any atom is 0.245 e. The molecule has 2 bridgehead atoms. The molecule has 1 aromatic heterocycles. The van der Waals surface area contributed by atoms with Crippen molar-refractivity contribution in [2.24, 2.45) is 35.0 Å². The molecule has 0 fully saturated rings. The second-order valence-corrected chi connectivity index (χ2v) is 34.7. The van der Waals surface area contributed by atoms with Gasteiger partial charge in [-0.25, -0.2) is 0 Å². The van der Waals surface area contributed by atoms with Gasteiger partial charge in [0.25, 0.3) is 0 Å². The first kappa shape index (κ1) is 111. The van der Waals surface area contributed by atoms with Crippen LogP contribution in [0.15, 0.2) is 36.5 Å². The fourth-order valence-electron chi connectivity index (χ4n) is 13.3. The van der Waals surface area contributed by atoms with Gasteiger partial charge in [0.15, 0.2) is 0 Å². The van der Waals surface area contributed by atoms with E-state index in [1.165, 1.54) is 62.1 Å². The third-order valence-electron chi connectivity index (χ3n) is 20.7. The van der Waals surface area contributed by atoms with Gasteiger partial charge in [-0.1, -0.05) is 83.5 Å². The van der Waals surface area contributed by atoms with E-state index in [2.05, 4.69) is 95.4 Å². The predicted molar refractivity (Wildman–Crippen MR) is 473 cm³/mol. The number of benzene rings is 1. The number of nitrogens with two attached hydrogens (primary N) is 3. The normalized spacial score (nSPS) is 19.4. The molecule has 714 valence electrons. The van der Waals surface area contributed by atoms with Crippen LogP contribution in [0, 0.1) is 17.8 Å². The van der Waals surface area contributed by atoms with Crippen molar-refractivity contribution in [3.8, 4) is 0 Å². The van der Waals surface area contributed by atoms with Crippen molar-refractivity contribution in [1.29, 1.82) is 0 Å². The summed E-state index contributed by atoms with van der Waals surface area (Å²) < 4.78 is 1.42. The largest absolute Gasteiger partial charge is 0.394 e. The molecule has 0 radical (unpaired) electrons. The number of amides is 17. The highest BCUT2D eigenvalue weighted by Gasteiger charge is 2.41. The van der Waals surface area contributed by atoms with Gasteiger partial charge in [0.2, 0.25) is 100 Å². The molecule has 2 aromatic rings. The molecule has 19 atom stereocenters. The van der Waals surface area contributed by atoms with Crippen LogP contribution in [0.1, 0.15) is 177 Å². The van der Waals surface area contributed by atoms with Gasteiger partial charge in [0, 0.05) is 32.5 Å². The van der Waals surface area contributed by atoms with Crippen LogP contribution in [0.3, 0.4) is 0 Å². The van der Waals surface area contributed by atoms with E-state index in [-0.39, 0.29) is 120 Å². The Balaban J connectivity index is 2.00. The molecule has 2 heterocycles. The van der Waals surface area contributed by atoms with Gasteiger partial charge in [0.1, 0.15) is 90.6 Å². The van der Waals surface area contributed by atoms with E-state index in [9.17, 15) is 102 Å². The molecule has 45 heteroatoms. The quantitative estimate of drug-likeness (QED) is 0.0274. The Morgan fingerprint density at radius 2 is 1.03 bits per heavy atom. The molecule has 26 N–H and O–H groups in total. The van der Waals surface area contributed by atoms with E-state index in [1.54, 1.807) is 84.4 Å². The first-order valence-electron chi connectivity index (χ1n) is 43.1. The molecule has 0 saturated carbocycles. The van der Waals surface area contributed by atoms with Crippen molar-refractivity contribution in [3.05, 3.63) is 47.8 Å². The summed E-state index contributed by atoms with van der Waals surface area (Å²) in [6.45, 7) is 15.3. The fraction of sp³-hybridized carbons (Fsp3) is 0.695. The van der Waals surface area contributed by atoms with Crippen LogP contribution in [0.5, 0.6) is 0 Å². The lowest BCUT2D eigenvalue weighted by molar-refractivity contribution is -0.137. The van der Waals surface area contributed by atoms with Crippen molar-refractivity contribution >= 4 is 124 Å². The molecule has 0 saturated heterocycles. The number of carbonyl (C=O) groups is 17. The average molecular weight is 1830 g/mol. The number of aliphatic hydroxyl groups is 4. The maximum atomic E-state index is 14.9. The highest BCUT2D eigenvalue weighted by Crippen LogP contribution is 2.17. The van der Waals surface area contributed by atoms with Gasteiger partial charge in [-0.3, -0.25) is 86.2 Å². The number of aromatic nitrogens is 3. The molecule has 1 aliphatic heterocycles. The smallest absolute Gasteiger partial charge is 0.245 e. The van der Waals surface area contributed by atoms with Crippen LogP contribution in [-0.4, -0.2) is 295 Å². The van der Waals surface area contributed by atoms with Crippen LogP contribution in [0.2, 0.25) is 0 Å². The molecule has 17 amide bonds. The second-order valence-electron chi connectivity index (χ2n) is 32.7. The Kier molecular flexibility index (Phi) is 51.0. The molecule has 127 heavy (non-hydrogen) atoms. The van der Waals surface area contributed by atoms with Gasteiger partial charge in [-0.15, -0.1) is 5.10 Å². The third kappa shape index (κ3) is 40.4. The summed E-state index contributed by atoms with van der Waals surface area (Å²) in [5.41, 5.74) is 17.9. The molecule has 1 aromatic carbocycles. The number of aryl methyl sites for hydroxylation is 1. The zero-order valence-electron chi connectivity index (χ0n) is 75.0. The zero-order valence-corrected chi connectivity index (χ0v) is 76.6. The van der Waals surface area contributed by atoms with Gasteiger partial charge in [-0.05, 0) is 172 Å². The van der Waals surface area contributed by atoms with Gasteiger partial charge >= 0.3 is 0 Å². The highest BCUT2D eigenvalue weighted by molar-refractivity contribution is 7.98. The van der Waals surface area contributed by atoms with E-state index in [4.69, 9.17) is 17.2 Å². The lowest BCUT2D eigenvalue weighted by Gasteiger charge is -2.29. The summed E-state index contributed by atoms with van der Waals surface area (Å²) in [5.74, 6) is -16.0. The lowest BCUT2D eigenvalue weighted by Crippen LogP contribution is -2.62. The molecule has 3 rings (SSSR count). The van der Waals surface area contributed by atoms with Crippen molar-refractivity contribution < 1.29 is 102 Å². The molecule has 0 spiro atoms. The molecular weight excluding hydrogens is 1690 g/mol. The summed E-state index contributed by atoms with van der Waals surface area (Å²) in [4.78, 5) is 238. The number of aliphatic hydroxyl groups excluding tert-OH is 4. The van der Waals surface area contributed by atoms with Crippen molar-refractivity contribution in [2.45, 2.75) is 294 Å². The number of fused-ring (bicyclic) bond motifs is 2. The van der Waals surface area contributed by atoms with Crippen LogP contribution in [-0.2, 0) is 101 Å². The number of carbonyl (C=O) groups excluding carboxylic acids is 17. The number of unbranched alkanes of at least 4 members (excludes halogenated alkanes) is 2. The third-order valence-corrected chi connectivity index (χ3v) is 22.0. The number of nitrogens with one attached hydrogen (secondary N) is 16. The van der Waals surface area contributed by atoms with E-state index >= 15 is 0 Å². The average Bonchev–Trinajstić information content (AvgIpc) is 1.81. The minimum absolute atomic E-state index is 0.00167. The minimum atomic E-state index is -1.80. The number of hydrogen-bond donors (Lipinski definition) is 23. The van der Waals surface area contributed by atoms with E-state index < -0.39 is 228 Å². The Morgan fingerprint density at radius 1 is 0.543 bits per heavy atom. The number of thioether (sulfide) groups is 2. The minimum Gasteiger partial charge on any atom is -0.394 e. The fourth-order valence-corrected chi connectivity index (χ4v) is 14.2. The Hall–Kier alpha value is -10.2. The Morgan fingerprint density at radius 3 is 1.57 bits per heavy atom. The number of rotatable bonds is 50. The van der Waals surface area contributed by atoms with Crippen LogP contribution < -0.4 is 102 Å². The molecular formula is C82H138N22O21S2. The van der Waals surface area contributed by atoms with Crippen molar-refractivity contribution in [1.82, 2.24) is 100 Å². The number of hydrogen-bond acceptors (Lipinski definition) is 27. The zero-order chi connectivity index (χ0) is 95.3. The Bertz CT molecular complexity index is 3920. The van der Waals surface area contributed by atoms with Crippen molar-refractivity contribution in [2.75, 3.05) is 50.3 Å². The van der Waals surface area contributed by atoms with Gasteiger partial charge < -0.3 is 123 Å². The first-order valence-corrected chi connectivity index (χ1v) is 45.9. The van der Waals surface area contributed by atoms with E-state index in [0.29, 0.717) is 37.0 Å². The standard InChI is InChI=1S/C82H138N22O21S2/c1-14-45(6)64(99-82(125)67(49(10)108)101-81(124)65(47(8)106)88-50(11)109)79(122)86-40-63(110)89-56(29-34-126-12)73(116)93-57(30-35-127-13)74(117)100-66(48(9)107)80(123)97-59(37-44(4)5)75(118)91-54(26-18-21-31-83)71(114)90-53-28-20-23-33-104-41-52(102-103-104)39-61(78(121)95-58(36-43(2)3)76(119)98-62(42-105)68(85)111)96-72(115)55(27-19-22-32-84)92-77(120)60(38-51-24-16-15-17-25-51)94-69(112)46(7)87-70(53)113/h15-17,24-25,41,43-49,53-62,64-67,105-108H,14,18-23,26-40,42,83-84H2,1-13H3,(H2,85,111)(H,86,122)(H,87,113)(H,88,109)(H,89,110)(H,90,114)(H,91,118)(H,92,120)(H,93,116)(H,94,112)(H,95,121)(H,96,115)(H,97,123)(H,98,119)(H,99,125)(H,100,117)(H,101,124)/t45-,46+,47+,48-,49-,53-,54-,55-,56-,57-,58-,59-,60-,61+,62+,64-,65-,66-,67-/m1/s1. The second kappa shape index (κ2) is 58.3. The van der Waals surface area contributed by atoms with E-state index in [0.717, 1.165) is 6.92 Å². The van der Waals surface area contributed by atoms with Crippen molar-refractivity contribution in [3.63, 3.8) is 0 Å². The van der Waals surface area contributed by atoms with E-state index in [1.807, 2.05) is 0 Å². The number of nitrogens with zero attached hydrogens (tertiary/aromatic N) is 3. The summed E-state index contributed by atoms with van der Waals surface area (Å²) in [6.07, 6.45) is 1.55. The topological polar surface area (TPSA) is 672 Å². The first-order chi connectivity index (χ1) is 60.0. The summed E-state index contributed by atoms with van der Waals surface area (Å²) in [7, 11) is 0.